The number of rotatable bonds is 8. The molecule has 1 rings (SSSR count). The maximum atomic E-state index is 5.63. The maximum absolute atomic E-state index is 5.63. The van der Waals surface area contributed by atoms with Crippen molar-refractivity contribution in [2.75, 3.05) is 49.6 Å². The van der Waals surface area contributed by atoms with E-state index in [0.29, 0.717) is 0 Å². The molecule has 0 atom stereocenters. The molecule has 6 nitrogen and oxygen atoms in total. The fraction of sp³-hybridized carbons (Fsp3) is 0.667. The van der Waals surface area contributed by atoms with Crippen LogP contribution in [0.4, 0.5) is 17.6 Å². The topological polar surface area (TPSA) is 79.1 Å². The molecule has 0 aromatic carbocycles. The van der Waals surface area contributed by atoms with Crippen LogP contribution in [0.1, 0.15) is 20.3 Å². The summed E-state index contributed by atoms with van der Waals surface area (Å²) in [4.78, 5) is 10.6. The summed E-state index contributed by atoms with van der Waals surface area (Å²) in [6.45, 7) is 8.43. The monoisotopic (exact) mass is 252 g/mol. The van der Waals surface area contributed by atoms with Crippen molar-refractivity contribution in [1.29, 1.82) is 0 Å². The second kappa shape index (κ2) is 7.71. The molecule has 1 aromatic heterocycles. The summed E-state index contributed by atoms with van der Waals surface area (Å²) in [5.41, 5.74) is 5.63. The number of hydrogen-bond acceptors (Lipinski definition) is 6. The molecule has 102 valence electrons. The molecule has 0 aliphatic rings. The minimum Gasteiger partial charge on any atom is -0.373 e. The summed E-state index contributed by atoms with van der Waals surface area (Å²) in [6.07, 6.45) is 1.18. The molecule has 6 heteroatoms. The van der Waals surface area contributed by atoms with Gasteiger partial charge in [0.05, 0.1) is 0 Å². The van der Waals surface area contributed by atoms with Crippen molar-refractivity contribution in [3.63, 3.8) is 0 Å². The van der Waals surface area contributed by atoms with Gasteiger partial charge in [-0.3, -0.25) is 0 Å². The van der Waals surface area contributed by atoms with E-state index in [1.165, 1.54) is 6.42 Å². The summed E-state index contributed by atoms with van der Waals surface area (Å²) >= 11 is 0. The van der Waals surface area contributed by atoms with Crippen molar-refractivity contribution in [3.8, 4) is 0 Å². The van der Waals surface area contributed by atoms with Gasteiger partial charge in [0.25, 0.3) is 0 Å². The first-order chi connectivity index (χ1) is 8.69. The molecule has 0 saturated carbocycles. The number of nitrogens with two attached hydrogens (primary N) is 1. The fourth-order valence-electron chi connectivity index (χ4n) is 1.77. The van der Waals surface area contributed by atoms with Crippen LogP contribution in [-0.4, -0.2) is 48.1 Å². The van der Waals surface area contributed by atoms with E-state index in [-0.39, 0.29) is 5.95 Å². The highest BCUT2D eigenvalue weighted by molar-refractivity contribution is 5.50. The average molecular weight is 252 g/mol. The third-order valence-corrected chi connectivity index (χ3v) is 2.72. The largest absolute Gasteiger partial charge is 0.373 e. The second-order valence-electron chi connectivity index (χ2n) is 4.11. The van der Waals surface area contributed by atoms with Crippen LogP contribution in [0.15, 0.2) is 6.07 Å². The lowest BCUT2D eigenvalue weighted by atomic mass is 10.4. The van der Waals surface area contributed by atoms with Crippen molar-refractivity contribution < 1.29 is 0 Å². The van der Waals surface area contributed by atoms with Gasteiger partial charge in [-0.1, -0.05) is 13.8 Å². The number of nitrogens with zero attached hydrogens (tertiary/aromatic N) is 3. The van der Waals surface area contributed by atoms with Gasteiger partial charge < -0.3 is 21.3 Å². The smallest absolute Gasteiger partial charge is 0.223 e. The van der Waals surface area contributed by atoms with E-state index in [1.807, 2.05) is 13.1 Å². The Hall–Kier alpha value is -1.56. The Morgan fingerprint density at radius 3 is 2.56 bits per heavy atom. The van der Waals surface area contributed by atoms with Gasteiger partial charge in [0.1, 0.15) is 11.6 Å². The predicted octanol–water partition coefficient (Wildman–Crippen LogP) is 1.24. The SMILES string of the molecule is CCCN(CC)CCNc1cc(NC)nc(N)n1. The number of aromatic nitrogens is 2. The predicted molar refractivity (Wildman–Crippen MR) is 76.9 cm³/mol. The molecule has 0 spiro atoms. The average Bonchev–Trinajstić information content (AvgIpc) is 2.37. The first kappa shape index (κ1) is 14.5. The van der Waals surface area contributed by atoms with Gasteiger partial charge in [-0.05, 0) is 19.5 Å². The molecule has 1 aromatic rings. The fourth-order valence-corrected chi connectivity index (χ4v) is 1.77. The van der Waals surface area contributed by atoms with Crippen LogP contribution < -0.4 is 16.4 Å². The molecule has 18 heavy (non-hydrogen) atoms. The Labute approximate surface area is 109 Å². The number of hydrogen-bond donors (Lipinski definition) is 3. The molecule has 0 radical (unpaired) electrons. The van der Waals surface area contributed by atoms with Gasteiger partial charge in [0.15, 0.2) is 0 Å². The Bertz CT molecular complexity index is 354. The standard InChI is InChI=1S/C12H24N6/c1-4-7-18(5-2)8-6-15-11-9-10(14-3)16-12(13)17-11/h9H,4-8H2,1-3H3,(H4,13,14,15,16,17). The Morgan fingerprint density at radius 2 is 1.94 bits per heavy atom. The molecule has 4 N–H and O–H groups in total. The van der Waals surface area contributed by atoms with Crippen molar-refractivity contribution >= 4 is 17.6 Å². The highest BCUT2D eigenvalue weighted by atomic mass is 15.2. The van der Waals surface area contributed by atoms with Crippen molar-refractivity contribution in [3.05, 3.63) is 6.07 Å². The molecule has 0 aliphatic heterocycles. The Balaban J connectivity index is 2.45. The third kappa shape index (κ3) is 4.75. The molecule has 0 saturated heterocycles. The van der Waals surface area contributed by atoms with E-state index >= 15 is 0 Å². The zero-order valence-corrected chi connectivity index (χ0v) is 11.5. The lowest BCUT2D eigenvalue weighted by molar-refractivity contribution is 0.300. The first-order valence-electron chi connectivity index (χ1n) is 6.48. The van der Waals surface area contributed by atoms with E-state index in [9.17, 15) is 0 Å². The van der Waals surface area contributed by atoms with Gasteiger partial charge in [-0.15, -0.1) is 0 Å². The van der Waals surface area contributed by atoms with Gasteiger partial charge in [0.2, 0.25) is 5.95 Å². The number of nitrogen functional groups attached to an aromatic ring is 1. The summed E-state index contributed by atoms with van der Waals surface area (Å²) in [6, 6.07) is 1.85. The van der Waals surface area contributed by atoms with E-state index in [1.54, 1.807) is 0 Å². The molecular weight excluding hydrogens is 228 g/mol. The molecule has 0 bridgehead atoms. The maximum Gasteiger partial charge on any atom is 0.223 e. The van der Waals surface area contributed by atoms with Gasteiger partial charge in [-0.2, -0.15) is 9.97 Å². The minimum atomic E-state index is 0.283. The first-order valence-corrected chi connectivity index (χ1v) is 6.48. The lowest BCUT2D eigenvalue weighted by Crippen LogP contribution is -2.29. The number of anilines is 3. The van der Waals surface area contributed by atoms with Crippen LogP contribution in [0.2, 0.25) is 0 Å². The van der Waals surface area contributed by atoms with E-state index in [0.717, 1.165) is 37.8 Å². The highest BCUT2D eigenvalue weighted by Crippen LogP contribution is 2.11. The summed E-state index contributed by atoms with van der Waals surface area (Å²) in [5, 5.41) is 6.23. The van der Waals surface area contributed by atoms with E-state index < -0.39 is 0 Å². The Morgan fingerprint density at radius 1 is 1.22 bits per heavy atom. The molecular formula is C12H24N6. The highest BCUT2D eigenvalue weighted by Gasteiger charge is 2.03. The van der Waals surface area contributed by atoms with Gasteiger partial charge >= 0.3 is 0 Å². The third-order valence-electron chi connectivity index (χ3n) is 2.72. The number of nitrogens with one attached hydrogen (secondary N) is 2. The van der Waals surface area contributed by atoms with Crippen molar-refractivity contribution in [2.45, 2.75) is 20.3 Å². The molecule has 0 unspecified atom stereocenters. The summed E-state index contributed by atoms with van der Waals surface area (Å²) < 4.78 is 0. The van der Waals surface area contributed by atoms with Gasteiger partial charge in [0, 0.05) is 26.2 Å². The minimum absolute atomic E-state index is 0.283. The Kier molecular flexibility index (Phi) is 6.21. The molecule has 0 amide bonds. The van der Waals surface area contributed by atoms with Crippen LogP contribution in [0, 0.1) is 0 Å². The molecule has 0 aliphatic carbocycles. The lowest BCUT2D eigenvalue weighted by Gasteiger charge is -2.19. The van der Waals surface area contributed by atoms with Crippen LogP contribution in [0.5, 0.6) is 0 Å². The number of likely N-dealkylation sites (N-methyl/N-ethyl adjacent to an activating group) is 1. The van der Waals surface area contributed by atoms with Crippen LogP contribution in [0.3, 0.4) is 0 Å². The second-order valence-corrected chi connectivity index (χ2v) is 4.11. The van der Waals surface area contributed by atoms with Gasteiger partial charge in [-0.25, -0.2) is 0 Å². The van der Waals surface area contributed by atoms with Crippen LogP contribution in [0.25, 0.3) is 0 Å². The van der Waals surface area contributed by atoms with Crippen molar-refractivity contribution in [1.82, 2.24) is 14.9 Å². The zero-order valence-electron chi connectivity index (χ0n) is 11.5. The van der Waals surface area contributed by atoms with E-state index in [2.05, 4.69) is 39.3 Å². The summed E-state index contributed by atoms with van der Waals surface area (Å²) in [5.74, 6) is 1.77. The van der Waals surface area contributed by atoms with Crippen LogP contribution in [-0.2, 0) is 0 Å². The summed E-state index contributed by atoms with van der Waals surface area (Å²) in [7, 11) is 1.81. The molecule has 0 fully saturated rings. The normalized spacial score (nSPS) is 10.7. The molecule has 1 heterocycles. The zero-order chi connectivity index (χ0) is 13.4. The quantitative estimate of drug-likeness (QED) is 0.646. The van der Waals surface area contributed by atoms with Crippen LogP contribution >= 0.6 is 0 Å². The van der Waals surface area contributed by atoms with E-state index in [4.69, 9.17) is 5.73 Å². The van der Waals surface area contributed by atoms with Crippen molar-refractivity contribution in [2.24, 2.45) is 0 Å².